The first-order valence-electron chi connectivity index (χ1n) is 6.28. The Balaban J connectivity index is 2.08. The van der Waals surface area contributed by atoms with E-state index < -0.39 is 11.7 Å². The molecule has 0 radical (unpaired) electrons. The van der Waals surface area contributed by atoms with Gasteiger partial charge in [0.25, 0.3) is 5.91 Å². The number of hydrogen-bond donors (Lipinski definition) is 2. The molecule has 6 heteroatoms. The summed E-state index contributed by atoms with van der Waals surface area (Å²) in [5.74, 6) is -1.02. The fourth-order valence-electron chi connectivity index (χ4n) is 1.69. The molecule has 0 saturated heterocycles. The third kappa shape index (κ3) is 3.28. The Kier molecular flexibility index (Phi) is 4.60. The number of anilines is 1. The molecule has 2 N–H and O–H groups in total. The van der Waals surface area contributed by atoms with Crippen LogP contribution in [-0.2, 0) is 6.54 Å². The van der Waals surface area contributed by atoms with Crippen LogP contribution in [-0.4, -0.2) is 22.4 Å². The van der Waals surface area contributed by atoms with E-state index in [-0.39, 0.29) is 11.4 Å². The number of aromatic nitrogens is 2. The van der Waals surface area contributed by atoms with Crippen LogP contribution in [0.4, 0.5) is 10.2 Å². The Hall–Kier alpha value is -2.50. The van der Waals surface area contributed by atoms with Crippen LogP contribution in [0, 0.1) is 5.82 Å². The normalized spacial score (nSPS) is 10.1. The van der Waals surface area contributed by atoms with Crippen LogP contribution in [0.25, 0.3) is 0 Å². The van der Waals surface area contributed by atoms with Crippen LogP contribution in [0.3, 0.4) is 0 Å². The van der Waals surface area contributed by atoms with E-state index in [0.29, 0.717) is 13.1 Å². The van der Waals surface area contributed by atoms with Gasteiger partial charge in [0, 0.05) is 31.7 Å². The Morgan fingerprint density at radius 3 is 2.70 bits per heavy atom. The summed E-state index contributed by atoms with van der Waals surface area (Å²) in [6, 6.07) is 4.93. The van der Waals surface area contributed by atoms with Crippen LogP contribution in [0.2, 0.25) is 0 Å². The Morgan fingerprint density at radius 1 is 1.25 bits per heavy atom. The highest BCUT2D eigenvalue weighted by atomic mass is 19.1. The second-order valence-corrected chi connectivity index (χ2v) is 4.09. The third-order valence-corrected chi connectivity index (χ3v) is 2.68. The van der Waals surface area contributed by atoms with Crippen molar-refractivity contribution in [1.82, 2.24) is 15.3 Å². The summed E-state index contributed by atoms with van der Waals surface area (Å²) in [5.41, 5.74) is 0.875. The number of carbonyl (C=O) groups excluding carboxylic acids is 1. The summed E-state index contributed by atoms with van der Waals surface area (Å²) in [4.78, 5) is 19.7. The van der Waals surface area contributed by atoms with Crippen LogP contribution >= 0.6 is 0 Å². The minimum absolute atomic E-state index is 0.0231. The molecule has 2 heterocycles. The molecule has 0 aliphatic rings. The highest BCUT2D eigenvalue weighted by Gasteiger charge is 2.15. The van der Waals surface area contributed by atoms with E-state index in [4.69, 9.17) is 0 Å². The maximum atomic E-state index is 14.0. The Labute approximate surface area is 116 Å². The van der Waals surface area contributed by atoms with Crippen molar-refractivity contribution >= 4 is 11.7 Å². The number of carbonyl (C=O) groups is 1. The predicted octanol–water partition coefficient (Wildman–Crippen LogP) is 1.98. The quantitative estimate of drug-likeness (QED) is 0.875. The summed E-state index contributed by atoms with van der Waals surface area (Å²) in [5, 5.41) is 5.43. The minimum Gasteiger partial charge on any atom is -0.368 e. The molecule has 0 aromatic carbocycles. The lowest BCUT2D eigenvalue weighted by atomic mass is 10.2. The van der Waals surface area contributed by atoms with Crippen molar-refractivity contribution in [1.29, 1.82) is 0 Å². The number of rotatable bonds is 5. The van der Waals surface area contributed by atoms with Crippen molar-refractivity contribution in [2.24, 2.45) is 0 Å². The summed E-state index contributed by atoms with van der Waals surface area (Å²) in [6.45, 7) is 2.68. The average Bonchev–Trinajstić information content (AvgIpc) is 2.48. The fourth-order valence-corrected chi connectivity index (χ4v) is 1.69. The molecule has 0 fully saturated rings. The van der Waals surface area contributed by atoms with Crippen molar-refractivity contribution in [3.8, 4) is 0 Å². The minimum atomic E-state index is -0.637. The second-order valence-electron chi connectivity index (χ2n) is 4.09. The first kappa shape index (κ1) is 13.9. The topological polar surface area (TPSA) is 66.9 Å². The lowest BCUT2D eigenvalue weighted by molar-refractivity contribution is 0.0947. The van der Waals surface area contributed by atoms with E-state index in [9.17, 15) is 9.18 Å². The Morgan fingerprint density at radius 2 is 2.00 bits per heavy atom. The van der Waals surface area contributed by atoms with Crippen molar-refractivity contribution in [2.75, 3.05) is 11.9 Å². The van der Waals surface area contributed by atoms with Gasteiger partial charge in [0.1, 0.15) is 0 Å². The number of nitrogens with one attached hydrogen (secondary N) is 2. The highest BCUT2D eigenvalue weighted by Crippen LogP contribution is 2.14. The first-order valence-corrected chi connectivity index (χ1v) is 6.28. The number of amides is 1. The largest absolute Gasteiger partial charge is 0.368 e. The highest BCUT2D eigenvalue weighted by molar-refractivity contribution is 5.95. The molecule has 0 bridgehead atoms. The zero-order valence-electron chi connectivity index (χ0n) is 11.1. The number of pyridine rings is 2. The van der Waals surface area contributed by atoms with Crippen LogP contribution < -0.4 is 10.6 Å². The van der Waals surface area contributed by atoms with Gasteiger partial charge in [-0.2, -0.15) is 0 Å². The van der Waals surface area contributed by atoms with E-state index in [2.05, 4.69) is 20.6 Å². The molecular formula is C14H15FN4O. The summed E-state index contributed by atoms with van der Waals surface area (Å²) >= 11 is 0. The summed E-state index contributed by atoms with van der Waals surface area (Å²) < 4.78 is 14.0. The SMILES string of the molecule is CCNc1nccc(C(=O)NCc2ccncc2)c1F. The number of nitrogens with zero attached hydrogens (tertiary/aromatic N) is 2. The van der Waals surface area contributed by atoms with Crippen LogP contribution in [0.5, 0.6) is 0 Å². The molecule has 0 saturated carbocycles. The molecule has 104 valence electrons. The van der Waals surface area contributed by atoms with E-state index in [1.165, 1.54) is 12.3 Å². The standard InChI is InChI=1S/C14H15FN4O/c1-2-17-13-12(15)11(5-8-18-13)14(20)19-9-10-3-6-16-7-4-10/h3-8H,2,9H2,1H3,(H,17,18)(H,19,20). The smallest absolute Gasteiger partial charge is 0.254 e. The maximum absolute atomic E-state index is 14.0. The van der Waals surface area contributed by atoms with Crippen molar-refractivity contribution in [3.05, 3.63) is 53.7 Å². The summed E-state index contributed by atoms with van der Waals surface area (Å²) in [6.07, 6.45) is 4.68. The van der Waals surface area contributed by atoms with E-state index >= 15 is 0 Å². The van der Waals surface area contributed by atoms with E-state index in [1.54, 1.807) is 24.5 Å². The van der Waals surface area contributed by atoms with Gasteiger partial charge in [-0.15, -0.1) is 0 Å². The molecule has 2 aromatic rings. The van der Waals surface area contributed by atoms with Crippen molar-refractivity contribution in [3.63, 3.8) is 0 Å². The number of hydrogen-bond acceptors (Lipinski definition) is 4. The molecule has 0 atom stereocenters. The molecule has 2 aromatic heterocycles. The van der Waals surface area contributed by atoms with Gasteiger partial charge in [-0.25, -0.2) is 9.37 Å². The fraction of sp³-hybridized carbons (Fsp3) is 0.214. The van der Waals surface area contributed by atoms with Crippen LogP contribution in [0.15, 0.2) is 36.8 Å². The van der Waals surface area contributed by atoms with E-state index in [0.717, 1.165) is 5.56 Å². The maximum Gasteiger partial charge on any atom is 0.254 e. The van der Waals surface area contributed by atoms with E-state index in [1.807, 2.05) is 6.92 Å². The third-order valence-electron chi connectivity index (χ3n) is 2.68. The zero-order chi connectivity index (χ0) is 14.4. The van der Waals surface area contributed by atoms with Gasteiger partial charge in [0.15, 0.2) is 11.6 Å². The van der Waals surface area contributed by atoms with Gasteiger partial charge in [-0.05, 0) is 30.7 Å². The van der Waals surface area contributed by atoms with Crippen LogP contribution in [0.1, 0.15) is 22.8 Å². The second kappa shape index (κ2) is 6.60. The molecular weight excluding hydrogens is 259 g/mol. The molecule has 20 heavy (non-hydrogen) atoms. The molecule has 1 amide bonds. The van der Waals surface area contributed by atoms with Gasteiger partial charge in [0.2, 0.25) is 0 Å². The van der Waals surface area contributed by atoms with Gasteiger partial charge < -0.3 is 10.6 Å². The molecule has 0 spiro atoms. The van der Waals surface area contributed by atoms with Gasteiger partial charge in [0.05, 0.1) is 5.56 Å². The first-order chi connectivity index (χ1) is 9.72. The van der Waals surface area contributed by atoms with Crippen molar-refractivity contribution in [2.45, 2.75) is 13.5 Å². The monoisotopic (exact) mass is 274 g/mol. The number of halogens is 1. The zero-order valence-corrected chi connectivity index (χ0v) is 11.1. The molecule has 0 aliphatic carbocycles. The summed E-state index contributed by atoms with van der Waals surface area (Å²) in [7, 11) is 0. The average molecular weight is 274 g/mol. The predicted molar refractivity (Wildman–Crippen MR) is 73.8 cm³/mol. The van der Waals surface area contributed by atoms with Gasteiger partial charge >= 0.3 is 0 Å². The molecule has 2 rings (SSSR count). The molecule has 0 aliphatic heterocycles. The molecule has 0 unspecified atom stereocenters. The lowest BCUT2D eigenvalue weighted by Crippen LogP contribution is -2.24. The van der Waals surface area contributed by atoms with Gasteiger partial charge in [-0.3, -0.25) is 9.78 Å². The van der Waals surface area contributed by atoms with Crippen molar-refractivity contribution < 1.29 is 9.18 Å². The molecule has 5 nitrogen and oxygen atoms in total. The van der Waals surface area contributed by atoms with Gasteiger partial charge in [-0.1, -0.05) is 0 Å². The Bertz CT molecular complexity index is 589. The lowest BCUT2D eigenvalue weighted by Gasteiger charge is -2.09.